The number of aromatic nitrogens is 2. The molecule has 23 heavy (non-hydrogen) atoms. The third kappa shape index (κ3) is 3.69. The average molecular weight is 330 g/mol. The lowest BCUT2D eigenvalue weighted by atomic mass is 9.97. The van der Waals surface area contributed by atoms with Crippen LogP contribution in [0, 0.1) is 6.92 Å². The summed E-state index contributed by atoms with van der Waals surface area (Å²) in [5.41, 5.74) is 2.22. The quantitative estimate of drug-likeness (QED) is 0.873. The van der Waals surface area contributed by atoms with E-state index in [0.717, 1.165) is 49.0 Å². The summed E-state index contributed by atoms with van der Waals surface area (Å²) < 4.78 is 5.50. The Morgan fingerprint density at radius 1 is 1.30 bits per heavy atom. The minimum absolute atomic E-state index is 0.322. The average Bonchev–Trinajstić information content (AvgIpc) is 3.06. The highest BCUT2D eigenvalue weighted by atomic mass is 32.1. The number of piperidine rings is 1. The summed E-state index contributed by atoms with van der Waals surface area (Å²) in [6, 6.07) is 8.18. The highest BCUT2D eigenvalue weighted by Crippen LogP contribution is 2.28. The second-order valence-corrected chi connectivity index (χ2v) is 6.31. The lowest BCUT2D eigenvalue weighted by Gasteiger charge is -2.32. The molecule has 122 valence electrons. The van der Waals surface area contributed by atoms with E-state index in [0.29, 0.717) is 11.7 Å². The molecule has 0 radical (unpaired) electrons. The van der Waals surface area contributed by atoms with Crippen LogP contribution in [-0.2, 0) is 0 Å². The molecule has 1 aromatic heterocycles. The van der Waals surface area contributed by atoms with Crippen LogP contribution in [0.1, 0.15) is 37.1 Å². The summed E-state index contributed by atoms with van der Waals surface area (Å²) in [6.07, 6.45) is 1.97. The maximum atomic E-state index is 5.50. The van der Waals surface area contributed by atoms with Crippen molar-refractivity contribution < 1.29 is 4.52 Å². The van der Waals surface area contributed by atoms with E-state index in [1.165, 1.54) is 5.56 Å². The number of rotatable bonds is 3. The topological polar surface area (TPSA) is 54.2 Å². The van der Waals surface area contributed by atoms with E-state index >= 15 is 0 Å². The first-order chi connectivity index (χ1) is 11.2. The second-order valence-electron chi connectivity index (χ2n) is 5.92. The Labute approximate surface area is 142 Å². The van der Waals surface area contributed by atoms with Crippen LogP contribution in [0.5, 0.6) is 0 Å². The van der Waals surface area contributed by atoms with Gasteiger partial charge in [0.15, 0.2) is 5.11 Å². The lowest BCUT2D eigenvalue weighted by molar-refractivity contribution is 0.264. The molecule has 0 spiro atoms. The molecular formula is C17H22N4OS. The Kier molecular flexibility index (Phi) is 4.91. The summed E-state index contributed by atoms with van der Waals surface area (Å²) in [5.74, 6) is 1.74. The molecule has 2 aromatic rings. The molecule has 1 aliphatic heterocycles. The largest absolute Gasteiger partial charge is 0.363 e. The molecule has 0 unspecified atom stereocenters. The monoisotopic (exact) mass is 330 g/mol. The normalized spacial score (nSPS) is 15.7. The number of nitrogens with zero attached hydrogens (tertiary/aromatic N) is 3. The smallest absolute Gasteiger partial charge is 0.230 e. The lowest BCUT2D eigenvalue weighted by Crippen LogP contribution is -2.43. The van der Waals surface area contributed by atoms with Crippen molar-refractivity contribution in [2.45, 2.75) is 32.6 Å². The van der Waals surface area contributed by atoms with Crippen molar-refractivity contribution in [2.75, 3.05) is 19.6 Å². The van der Waals surface area contributed by atoms with Crippen LogP contribution < -0.4 is 5.32 Å². The van der Waals surface area contributed by atoms with Crippen molar-refractivity contribution in [3.8, 4) is 11.4 Å². The van der Waals surface area contributed by atoms with Crippen molar-refractivity contribution in [2.24, 2.45) is 0 Å². The number of hydrogen-bond acceptors (Lipinski definition) is 4. The van der Waals surface area contributed by atoms with Gasteiger partial charge in [0.25, 0.3) is 0 Å². The van der Waals surface area contributed by atoms with E-state index in [1.807, 2.05) is 12.1 Å². The Morgan fingerprint density at radius 3 is 2.65 bits per heavy atom. The third-order valence-electron chi connectivity index (χ3n) is 4.21. The first kappa shape index (κ1) is 15.9. The molecule has 0 saturated carbocycles. The van der Waals surface area contributed by atoms with Crippen molar-refractivity contribution in [3.63, 3.8) is 0 Å². The summed E-state index contributed by atoms with van der Waals surface area (Å²) >= 11 is 5.37. The first-order valence-electron chi connectivity index (χ1n) is 8.10. The molecule has 1 aromatic carbocycles. The summed E-state index contributed by atoms with van der Waals surface area (Å²) in [6.45, 7) is 6.85. The van der Waals surface area contributed by atoms with Crippen LogP contribution in [-0.4, -0.2) is 39.8 Å². The summed E-state index contributed by atoms with van der Waals surface area (Å²) in [7, 11) is 0. The van der Waals surface area contributed by atoms with Crippen LogP contribution in [0.25, 0.3) is 11.4 Å². The van der Waals surface area contributed by atoms with Crippen LogP contribution >= 0.6 is 12.2 Å². The molecule has 1 saturated heterocycles. The molecule has 1 aliphatic rings. The minimum Gasteiger partial charge on any atom is -0.363 e. The van der Waals surface area contributed by atoms with Gasteiger partial charge in [-0.15, -0.1) is 0 Å². The Morgan fingerprint density at radius 2 is 2.00 bits per heavy atom. The van der Waals surface area contributed by atoms with Crippen molar-refractivity contribution in [1.82, 2.24) is 20.4 Å². The van der Waals surface area contributed by atoms with Crippen molar-refractivity contribution in [3.05, 3.63) is 35.7 Å². The van der Waals surface area contributed by atoms with E-state index in [9.17, 15) is 0 Å². The predicted octanol–water partition coefficient (Wildman–Crippen LogP) is 3.12. The number of nitrogens with one attached hydrogen (secondary N) is 1. The molecule has 1 fully saturated rings. The molecule has 6 heteroatoms. The molecule has 1 N–H and O–H groups in total. The predicted molar refractivity (Wildman–Crippen MR) is 94.3 cm³/mol. The fourth-order valence-corrected chi connectivity index (χ4v) is 3.14. The zero-order valence-corrected chi connectivity index (χ0v) is 14.4. The van der Waals surface area contributed by atoms with Gasteiger partial charge in [0.1, 0.15) is 0 Å². The van der Waals surface area contributed by atoms with Crippen molar-refractivity contribution in [1.29, 1.82) is 0 Å². The minimum atomic E-state index is 0.322. The number of aryl methyl sites for hydroxylation is 1. The molecule has 0 atom stereocenters. The summed E-state index contributed by atoms with van der Waals surface area (Å²) in [4.78, 5) is 6.81. The Bertz CT molecular complexity index is 659. The third-order valence-corrected chi connectivity index (χ3v) is 4.61. The van der Waals surface area contributed by atoms with Gasteiger partial charge in [0.05, 0.1) is 0 Å². The van der Waals surface area contributed by atoms with Gasteiger partial charge in [0, 0.05) is 31.1 Å². The standard InChI is InChI=1S/C17H22N4OS/c1-3-18-17(23)21-10-8-14(9-11-21)16-19-15(20-22-16)13-6-4-12(2)5-7-13/h4-7,14H,3,8-11H2,1-2H3,(H,18,23). The van der Waals surface area contributed by atoms with E-state index in [1.54, 1.807) is 0 Å². The van der Waals surface area contributed by atoms with Gasteiger partial charge in [-0.1, -0.05) is 35.0 Å². The van der Waals surface area contributed by atoms with Gasteiger partial charge in [0.2, 0.25) is 11.7 Å². The van der Waals surface area contributed by atoms with Gasteiger partial charge >= 0.3 is 0 Å². The van der Waals surface area contributed by atoms with Crippen LogP contribution in [0.4, 0.5) is 0 Å². The number of benzene rings is 1. The molecule has 3 rings (SSSR count). The van der Waals surface area contributed by atoms with Crippen LogP contribution in [0.2, 0.25) is 0 Å². The second kappa shape index (κ2) is 7.08. The fraction of sp³-hybridized carbons (Fsp3) is 0.471. The SMILES string of the molecule is CCNC(=S)N1CCC(c2nc(-c3ccc(C)cc3)no2)CC1. The van der Waals surface area contributed by atoms with Crippen LogP contribution in [0.15, 0.2) is 28.8 Å². The van der Waals surface area contributed by atoms with Gasteiger partial charge in [-0.05, 0) is 38.9 Å². The molecule has 0 bridgehead atoms. The van der Waals surface area contributed by atoms with Crippen LogP contribution in [0.3, 0.4) is 0 Å². The van der Waals surface area contributed by atoms with E-state index in [2.05, 4.69) is 46.3 Å². The van der Waals surface area contributed by atoms with E-state index < -0.39 is 0 Å². The molecule has 5 nitrogen and oxygen atoms in total. The van der Waals surface area contributed by atoms with E-state index in [-0.39, 0.29) is 0 Å². The maximum absolute atomic E-state index is 5.50. The number of thiocarbonyl (C=S) groups is 1. The number of hydrogen-bond donors (Lipinski definition) is 1. The zero-order valence-electron chi connectivity index (χ0n) is 13.6. The van der Waals surface area contributed by atoms with Gasteiger partial charge in [-0.25, -0.2) is 0 Å². The molecule has 0 aliphatic carbocycles. The molecule has 0 amide bonds. The Hall–Kier alpha value is -1.95. The number of likely N-dealkylation sites (tertiary alicyclic amines) is 1. The van der Waals surface area contributed by atoms with Gasteiger partial charge in [-0.3, -0.25) is 0 Å². The van der Waals surface area contributed by atoms with Crippen molar-refractivity contribution >= 4 is 17.3 Å². The highest BCUT2D eigenvalue weighted by molar-refractivity contribution is 7.80. The van der Waals surface area contributed by atoms with E-state index in [4.69, 9.17) is 16.7 Å². The highest BCUT2D eigenvalue weighted by Gasteiger charge is 2.26. The van der Waals surface area contributed by atoms with Gasteiger partial charge in [-0.2, -0.15) is 4.98 Å². The fourth-order valence-electron chi connectivity index (χ4n) is 2.81. The maximum Gasteiger partial charge on any atom is 0.230 e. The molecule has 2 heterocycles. The van der Waals surface area contributed by atoms with Gasteiger partial charge < -0.3 is 14.7 Å². The molecular weight excluding hydrogens is 308 g/mol. The summed E-state index contributed by atoms with van der Waals surface area (Å²) in [5, 5.41) is 8.19. The first-order valence-corrected chi connectivity index (χ1v) is 8.51. The zero-order chi connectivity index (χ0) is 16.2. The Balaban J connectivity index is 1.63.